The third-order valence-electron chi connectivity index (χ3n) is 12.1. The Morgan fingerprint density at radius 2 is 0.815 bits per heavy atom. The number of hydrogen-bond acceptors (Lipinski definition) is 5. The fourth-order valence-corrected chi connectivity index (χ4v) is 16.0. The molecule has 280 valence electrons. The smallest absolute Gasteiger partial charge is 0.108 e. The molecule has 5 nitrogen and oxygen atoms in total. The maximum Gasteiger partial charge on any atom is 0.108 e. The van der Waals surface area contributed by atoms with Gasteiger partial charge < -0.3 is 10.2 Å². The maximum atomic E-state index is 12.2. The Labute approximate surface area is 324 Å². The zero-order chi connectivity index (χ0) is 36.7. The number of aliphatic hydroxyl groups is 2. The molecular weight excluding hydrogens is 700 g/mol. The van der Waals surface area contributed by atoms with E-state index in [1.807, 2.05) is 0 Å². The van der Waals surface area contributed by atoms with Gasteiger partial charge in [-0.25, -0.2) is 0 Å². The van der Waals surface area contributed by atoms with Crippen LogP contribution in [-0.2, 0) is 6.54 Å². The van der Waals surface area contributed by atoms with Gasteiger partial charge in [-0.05, 0) is 79.6 Å². The van der Waals surface area contributed by atoms with E-state index in [0.29, 0.717) is 11.3 Å². The molecule has 7 heteroatoms. The Hall–Kier alpha value is -3.24. The van der Waals surface area contributed by atoms with Crippen LogP contribution in [0.1, 0.15) is 44.1 Å². The van der Waals surface area contributed by atoms with Crippen LogP contribution in [0.25, 0.3) is 0 Å². The van der Waals surface area contributed by atoms with Gasteiger partial charge >= 0.3 is 0 Å². The predicted octanol–water partition coefficient (Wildman–Crippen LogP) is 6.66. The first-order valence-electron chi connectivity index (χ1n) is 20.1. The van der Waals surface area contributed by atoms with Crippen LogP contribution >= 0.6 is 15.8 Å². The van der Waals surface area contributed by atoms with Gasteiger partial charge in [-0.1, -0.05) is 165 Å². The van der Waals surface area contributed by atoms with E-state index in [4.69, 9.17) is 0 Å². The Balaban J connectivity index is 1.02. The lowest BCUT2D eigenvalue weighted by Crippen LogP contribution is -2.56. The third-order valence-corrected chi connectivity index (χ3v) is 18.1. The van der Waals surface area contributed by atoms with Gasteiger partial charge in [-0.3, -0.25) is 15.5 Å². The molecule has 5 aromatic carbocycles. The second-order valence-corrected chi connectivity index (χ2v) is 20.4. The van der Waals surface area contributed by atoms with Gasteiger partial charge in [0.05, 0.1) is 0 Å². The van der Waals surface area contributed by atoms with Crippen molar-refractivity contribution < 1.29 is 10.2 Å². The topological polar surface area (TPSA) is 67.8 Å². The van der Waals surface area contributed by atoms with Crippen LogP contribution in [0.3, 0.4) is 0 Å². The molecule has 5 aromatic rings. The normalized spacial score (nSPS) is 25.7. The number of aliphatic hydroxyl groups excluding tert-OH is 2. The van der Waals surface area contributed by atoms with E-state index in [-0.39, 0.29) is 23.9 Å². The average Bonchev–Trinajstić information content (AvgIpc) is 3.99. The Morgan fingerprint density at radius 3 is 1.17 bits per heavy atom. The van der Waals surface area contributed by atoms with Crippen molar-refractivity contribution in [3.63, 3.8) is 0 Å². The maximum absolute atomic E-state index is 12.2. The monoisotopic (exact) mass is 755 g/mol. The van der Waals surface area contributed by atoms with Crippen molar-refractivity contribution in [2.24, 2.45) is 11.8 Å². The first-order chi connectivity index (χ1) is 26.6. The molecule has 3 fully saturated rings. The molecule has 0 bridgehead atoms. The summed E-state index contributed by atoms with van der Waals surface area (Å²) in [5, 5.41) is 37.6. The lowest BCUT2D eigenvalue weighted by atomic mass is 10.0. The van der Waals surface area contributed by atoms with Crippen molar-refractivity contribution in [1.29, 1.82) is 0 Å². The summed E-state index contributed by atoms with van der Waals surface area (Å²) in [6.45, 7) is 2.48. The standard InChI is InChI=1S/C47H55N3O2P2/c51-46(40-28-16-30-44(40)53(36-20-8-2-9-21-36)37-22-10-3-11-23-37)48-42-33-50(32-35-18-6-1-7-19-35)34-43(42)49-47(52)41-29-17-31-45(41)54(38-24-12-4-13-25-38)39-26-14-5-15-27-39/h1-15,18-27,40-49,51-52H,16-17,28-34H2. The molecule has 54 heavy (non-hydrogen) atoms. The van der Waals surface area contributed by atoms with Crippen molar-refractivity contribution in [1.82, 2.24) is 15.5 Å². The van der Waals surface area contributed by atoms with Crippen molar-refractivity contribution in [2.75, 3.05) is 13.1 Å². The molecule has 1 heterocycles. The summed E-state index contributed by atoms with van der Waals surface area (Å²) in [4.78, 5) is 2.49. The summed E-state index contributed by atoms with van der Waals surface area (Å²) in [7, 11) is -1.26. The zero-order valence-corrected chi connectivity index (χ0v) is 32.9. The minimum absolute atomic E-state index is 0.00361. The van der Waals surface area contributed by atoms with E-state index in [1.165, 1.54) is 26.8 Å². The van der Waals surface area contributed by atoms with E-state index in [2.05, 4.69) is 167 Å². The van der Waals surface area contributed by atoms with Crippen LogP contribution in [0, 0.1) is 11.8 Å². The third kappa shape index (κ3) is 8.75. The van der Waals surface area contributed by atoms with Gasteiger partial charge in [0.25, 0.3) is 0 Å². The molecular formula is C47H55N3O2P2. The second kappa shape index (κ2) is 18.1. The highest BCUT2D eigenvalue weighted by Gasteiger charge is 2.44. The summed E-state index contributed by atoms with van der Waals surface area (Å²) in [5.74, 6) is 0.314. The minimum Gasteiger partial charge on any atom is -0.378 e. The Kier molecular flexibility index (Phi) is 12.7. The molecule has 8 atom stereocenters. The lowest BCUT2D eigenvalue weighted by molar-refractivity contribution is 0.0448. The molecule has 0 amide bonds. The van der Waals surface area contributed by atoms with E-state index >= 15 is 0 Å². The van der Waals surface area contributed by atoms with Crippen LogP contribution in [0.2, 0.25) is 0 Å². The number of nitrogens with one attached hydrogen (secondary N) is 2. The first kappa shape index (κ1) is 37.7. The largest absolute Gasteiger partial charge is 0.378 e. The summed E-state index contributed by atoms with van der Waals surface area (Å²) in [5.41, 5.74) is 2.07. The molecule has 1 aliphatic heterocycles. The van der Waals surface area contributed by atoms with Crippen molar-refractivity contribution in [3.05, 3.63) is 157 Å². The molecule has 0 aromatic heterocycles. The highest BCUT2D eigenvalue weighted by atomic mass is 31.1. The van der Waals surface area contributed by atoms with Crippen LogP contribution in [0.5, 0.6) is 0 Å². The van der Waals surface area contributed by atoms with Crippen LogP contribution in [0.15, 0.2) is 152 Å². The Morgan fingerprint density at radius 1 is 0.481 bits per heavy atom. The van der Waals surface area contributed by atoms with Gasteiger partial charge in [-0.15, -0.1) is 0 Å². The number of rotatable bonds is 14. The van der Waals surface area contributed by atoms with E-state index in [9.17, 15) is 10.2 Å². The summed E-state index contributed by atoms with van der Waals surface area (Å²) >= 11 is 0. The van der Waals surface area contributed by atoms with Gasteiger partial charge in [0.15, 0.2) is 0 Å². The van der Waals surface area contributed by atoms with E-state index < -0.39 is 28.3 Å². The Bertz CT molecular complexity index is 1660. The van der Waals surface area contributed by atoms with Gasteiger partial charge in [0.2, 0.25) is 0 Å². The van der Waals surface area contributed by atoms with E-state index in [0.717, 1.165) is 58.2 Å². The van der Waals surface area contributed by atoms with Gasteiger partial charge in [0.1, 0.15) is 12.5 Å². The zero-order valence-electron chi connectivity index (χ0n) is 31.2. The number of benzene rings is 5. The number of likely N-dealkylation sites (tertiary alicyclic amines) is 1. The molecule has 0 spiro atoms. The second-order valence-electron chi connectivity index (χ2n) is 15.5. The molecule has 4 N–H and O–H groups in total. The number of hydrogen-bond donors (Lipinski definition) is 4. The fraction of sp³-hybridized carbons (Fsp3) is 0.362. The van der Waals surface area contributed by atoms with Crippen LogP contribution < -0.4 is 31.9 Å². The highest BCUT2D eigenvalue weighted by Crippen LogP contribution is 2.52. The summed E-state index contributed by atoms with van der Waals surface area (Å²) in [6, 6.07) is 54.6. The number of nitrogens with zero attached hydrogens (tertiary/aromatic N) is 1. The molecule has 2 aliphatic carbocycles. The molecule has 3 aliphatic rings. The molecule has 8 unspecified atom stereocenters. The van der Waals surface area contributed by atoms with Gasteiger partial charge in [0, 0.05) is 43.6 Å². The minimum atomic E-state index is -0.629. The molecule has 0 radical (unpaired) electrons. The van der Waals surface area contributed by atoms with Crippen molar-refractivity contribution in [3.8, 4) is 0 Å². The molecule has 8 rings (SSSR count). The van der Waals surface area contributed by atoms with E-state index in [1.54, 1.807) is 0 Å². The predicted molar refractivity (Wildman–Crippen MR) is 228 cm³/mol. The van der Waals surface area contributed by atoms with Crippen molar-refractivity contribution in [2.45, 2.75) is 80.9 Å². The van der Waals surface area contributed by atoms with Crippen LogP contribution in [-0.4, -0.2) is 64.1 Å². The lowest BCUT2D eigenvalue weighted by Gasteiger charge is -2.36. The summed E-state index contributed by atoms with van der Waals surface area (Å²) in [6.07, 6.45) is 5.30. The highest BCUT2D eigenvalue weighted by molar-refractivity contribution is 7.74. The fourth-order valence-electron chi connectivity index (χ4n) is 9.61. The van der Waals surface area contributed by atoms with Crippen molar-refractivity contribution >= 4 is 37.1 Å². The molecule has 1 saturated heterocycles. The quantitative estimate of drug-likeness (QED) is 0.0755. The average molecular weight is 756 g/mol. The van der Waals surface area contributed by atoms with Crippen LogP contribution in [0.4, 0.5) is 0 Å². The summed E-state index contributed by atoms with van der Waals surface area (Å²) < 4.78 is 0. The molecule has 2 saturated carbocycles. The SMILES string of the molecule is OC(NC1CN(Cc2ccccc2)CC1NC(O)C1CCCC1P(c1ccccc1)c1ccccc1)C1CCCC1P(c1ccccc1)c1ccccc1. The first-order valence-corrected chi connectivity index (χ1v) is 22.9. The van der Waals surface area contributed by atoms with Gasteiger partial charge in [-0.2, -0.15) is 0 Å².